The molecular formula is C17H15BrF3NO3. The number of methoxy groups -OCH3 is 2. The number of Topliss-reactive ketones (excluding diaryl/α,β-unsaturated/α-hetero) is 1. The summed E-state index contributed by atoms with van der Waals surface area (Å²) in [4.78, 5) is 12.1. The summed E-state index contributed by atoms with van der Waals surface area (Å²) in [5.74, 6) is -1.25. The zero-order valence-corrected chi connectivity index (χ0v) is 14.9. The molecule has 0 fully saturated rings. The third kappa shape index (κ3) is 4.25. The van der Waals surface area contributed by atoms with Crippen LogP contribution in [-0.4, -0.2) is 26.2 Å². The molecule has 0 aliphatic carbocycles. The molecule has 1 unspecified atom stereocenters. The van der Waals surface area contributed by atoms with Crippen molar-refractivity contribution < 1.29 is 27.4 Å². The van der Waals surface area contributed by atoms with Crippen molar-refractivity contribution in [3.63, 3.8) is 0 Å². The zero-order chi connectivity index (χ0) is 18.7. The third-order valence-corrected chi connectivity index (χ3v) is 4.43. The van der Waals surface area contributed by atoms with Crippen LogP contribution in [0.5, 0.6) is 11.5 Å². The Labute approximate surface area is 151 Å². The quantitative estimate of drug-likeness (QED) is 0.555. The molecule has 0 amide bonds. The molecule has 0 aliphatic heterocycles. The van der Waals surface area contributed by atoms with Crippen LogP contribution in [0.15, 0.2) is 48.5 Å². The summed E-state index contributed by atoms with van der Waals surface area (Å²) in [7, 11) is 2.83. The molecule has 0 aromatic heterocycles. The van der Waals surface area contributed by atoms with Crippen molar-refractivity contribution in [1.82, 2.24) is 0 Å². The molecule has 0 saturated carbocycles. The number of hydrogen-bond acceptors (Lipinski definition) is 4. The molecule has 0 spiro atoms. The zero-order valence-electron chi connectivity index (χ0n) is 13.4. The number of alkyl halides is 4. The molecule has 2 aromatic carbocycles. The molecular weight excluding hydrogens is 403 g/mol. The van der Waals surface area contributed by atoms with Crippen LogP contribution in [0.4, 0.5) is 18.9 Å². The van der Waals surface area contributed by atoms with E-state index < -0.39 is 16.4 Å². The normalized spacial score (nSPS) is 13.7. The first-order valence-electron chi connectivity index (χ1n) is 7.08. The van der Waals surface area contributed by atoms with Gasteiger partial charge in [0, 0.05) is 23.9 Å². The molecule has 1 N–H and O–H groups in total. The monoisotopic (exact) mass is 417 g/mol. The molecule has 0 saturated heterocycles. The Hall–Kier alpha value is -2.22. The Morgan fingerprint density at radius 2 is 1.52 bits per heavy atom. The Kier molecular flexibility index (Phi) is 5.62. The molecule has 0 heterocycles. The average molecular weight is 418 g/mol. The van der Waals surface area contributed by atoms with E-state index in [0.717, 1.165) is 0 Å². The van der Waals surface area contributed by atoms with Gasteiger partial charge in [0.15, 0.2) is 4.45 Å². The summed E-state index contributed by atoms with van der Waals surface area (Å²) in [6, 6.07) is 12.1. The van der Waals surface area contributed by atoms with Gasteiger partial charge in [0.25, 0.3) is 5.78 Å². The predicted molar refractivity (Wildman–Crippen MR) is 91.3 cm³/mol. The van der Waals surface area contributed by atoms with E-state index in [4.69, 9.17) is 9.47 Å². The highest BCUT2D eigenvalue weighted by Crippen LogP contribution is 2.40. The summed E-state index contributed by atoms with van der Waals surface area (Å²) < 4.78 is 47.5. The maximum absolute atomic E-state index is 13.2. The van der Waals surface area contributed by atoms with Gasteiger partial charge in [-0.1, -0.05) is 30.3 Å². The molecule has 25 heavy (non-hydrogen) atoms. The number of nitrogens with one attached hydrogen (secondary N) is 1. The molecule has 0 aliphatic rings. The van der Waals surface area contributed by atoms with Gasteiger partial charge in [-0.3, -0.25) is 4.79 Å². The van der Waals surface area contributed by atoms with Gasteiger partial charge in [0.2, 0.25) is 0 Å². The van der Waals surface area contributed by atoms with Gasteiger partial charge < -0.3 is 14.8 Å². The smallest absolute Gasteiger partial charge is 0.453 e. The fourth-order valence-electron chi connectivity index (χ4n) is 2.20. The standard InChI is InChI=1S/C17H15BrF3NO3/c1-24-13-8-12(9-14(10-13)25-2)22-16(18,15(23)17(19,20)21)11-6-4-3-5-7-11/h3-10,22H,1-2H3. The van der Waals surface area contributed by atoms with Gasteiger partial charge in [0.05, 0.1) is 14.2 Å². The number of anilines is 1. The molecule has 4 nitrogen and oxygen atoms in total. The first-order valence-corrected chi connectivity index (χ1v) is 7.87. The number of ether oxygens (including phenoxy) is 2. The lowest BCUT2D eigenvalue weighted by molar-refractivity contribution is -0.173. The van der Waals surface area contributed by atoms with Crippen molar-refractivity contribution >= 4 is 27.4 Å². The Balaban J connectivity index is 2.53. The number of benzene rings is 2. The van der Waals surface area contributed by atoms with E-state index in [1.165, 1.54) is 38.5 Å². The van der Waals surface area contributed by atoms with E-state index in [2.05, 4.69) is 21.2 Å². The molecule has 134 valence electrons. The number of carbonyl (C=O) groups excluding carboxylic acids is 1. The van der Waals surface area contributed by atoms with Gasteiger partial charge in [-0.05, 0) is 21.5 Å². The molecule has 0 radical (unpaired) electrons. The first-order chi connectivity index (χ1) is 11.7. The minimum absolute atomic E-state index is 0.110. The van der Waals surface area contributed by atoms with Crippen molar-refractivity contribution in [1.29, 1.82) is 0 Å². The van der Waals surface area contributed by atoms with Crippen LogP contribution in [0.1, 0.15) is 5.56 Å². The fourth-order valence-corrected chi connectivity index (χ4v) is 2.92. The van der Waals surface area contributed by atoms with Crippen molar-refractivity contribution in [3.8, 4) is 11.5 Å². The van der Waals surface area contributed by atoms with Crippen LogP contribution in [0.25, 0.3) is 0 Å². The Morgan fingerprint density at radius 3 is 1.96 bits per heavy atom. The van der Waals surface area contributed by atoms with Gasteiger partial charge in [-0.2, -0.15) is 13.2 Å². The highest BCUT2D eigenvalue weighted by Gasteiger charge is 2.53. The summed E-state index contributed by atoms with van der Waals surface area (Å²) in [6.07, 6.45) is -5.05. The number of rotatable bonds is 6. The number of halogens is 4. The van der Waals surface area contributed by atoms with Crippen LogP contribution in [-0.2, 0) is 9.24 Å². The van der Waals surface area contributed by atoms with E-state index in [1.54, 1.807) is 24.3 Å². The van der Waals surface area contributed by atoms with Crippen molar-refractivity contribution in [3.05, 3.63) is 54.1 Å². The van der Waals surface area contributed by atoms with E-state index in [-0.39, 0.29) is 11.3 Å². The molecule has 1 atom stereocenters. The second kappa shape index (κ2) is 7.35. The minimum Gasteiger partial charge on any atom is -0.497 e. The molecule has 2 rings (SSSR count). The SMILES string of the molecule is COc1cc(NC(Br)(C(=O)C(F)(F)F)c2ccccc2)cc(OC)c1. The molecule has 0 bridgehead atoms. The third-order valence-electron chi connectivity index (χ3n) is 3.41. The first kappa shape index (κ1) is 19.1. The van der Waals surface area contributed by atoms with Gasteiger partial charge >= 0.3 is 6.18 Å². The number of hydrogen-bond donors (Lipinski definition) is 1. The maximum Gasteiger partial charge on any atom is 0.453 e. The van der Waals surface area contributed by atoms with Crippen molar-refractivity contribution in [2.75, 3.05) is 19.5 Å². The number of carbonyl (C=O) groups is 1. The van der Waals surface area contributed by atoms with Crippen molar-refractivity contribution in [2.45, 2.75) is 10.6 Å². The predicted octanol–water partition coefficient (Wildman–Crippen LogP) is 4.50. The highest BCUT2D eigenvalue weighted by atomic mass is 79.9. The van der Waals surface area contributed by atoms with Gasteiger partial charge in [-0.25, -0.2) is 0 Å². The van der Waals surface area contributed by atoms with Crippen LogP contribution < -0.4 is 14.8 Å². The summed E-state index contributed by atoms with van der Waals surface area (Å²) in [5, 5.41) is 2.61. The second-order valence-corrected chi connectivity index (χ2v) is 6.27. The highest BCUT2D eigenvalue weighted by molar-refractivity contribution is 9.10. The average Bonchev–Trinajstić information content (AvgIpc) is 2.60. The molecule has 2 aromatic rings. The lowest BCUT2D eigenvalue weighted by Gasteiger charge is -2.30. The van der Waals surface area contributed by atoms with Gasteiger partial charge in [-0.15, -0.1) is 0 Å². The van der Waals surface area contributed by atoms with Crippen LogP contribution in [0.3, 0.4) is 0 Å². The second-order valence-electron chi connectivity index (χ2n) is 5.08. The number of ketones is 1. The van der Waals surface area contributed by atoms with Crippen LogP contribution in [0, 0.1) is 0 Å². The fraction of sp³-hybridized carbons (Fsp3) is 0.235. The topological polar surface area (TPSA) is 47.6 Å². The lowest BCUT2D eigenvalue weighted by atomic mass is 10.0. The largest absolute Gasteiger partial charge is 0.497 e. The maximum atomic E-state index is 13.2. The van der Waals surface area contributed by atoms with E-state index >= 15 is 0 Å². The van der Waals surface area contributed by atoms with Gasteiger partial charge in [0.1, 0.15) is 11.5 Å². The van der Waals surface area contributed by atoms with E-state index in [9.17, 15) is 18.0 Å². The van der Waals surface area contributed by atoms with Crippen LogP contribution in [0.2, 0.25) is 0 Å². The molecule has 8 heteroatoms. The Bertz CT molecular complexity index is 730. The van der Waals surface area contributed by atoms with Crippen molar-refractivity contribution in [2.24, 2.45) is 0 Å². The summed E-state index contributed by atoms with van der Waals surface area (Å²) in [6.45, 7) is 0. The summed E-state index contributed by atoms with van der Waals surface area (Å²) in [5.41, 5.74) is 0.327. The van der Waals surface area contributed by atoms with E-state index in [0.29, 0.717) is 11.5 Å². The van der Waals surface area contributed by atoms with E-state index in [1.807, 2.05) is 0 Å². The summed E-state index contributed by atoms with van der Waals surface area (Å²) >= 11 is 2.96. The lowest BCUT2D eigenvalue weighted by Crippen LogP contribution is -2.45. The van der Waals surface area contributed by atoms with Crippen LogP contribution >= 0.6 is 15.9 Å². The minimum atomic E-state index is -5.05. The Morgan fingerprint density at radius 1 is 1.00 bits per heavy atom.